The van der Waals surface area contributed by atoms with Gasteiger partial charge in [-0.15, -0.1) is 0 Å². The van der Waals surface area contributed by atoms with E-state index >= 15 is 0 Å². The third-order valence-corrected chi connectivity index (χ3v) is 3.47. The van der Waals surface area contributed by atoms with E-state index in [4.69, 9.17) is 9.47 Å². The highest BCUT2D eigenvalue weighted by Gasteiger charge is 2.03. The maximum absolute atomic E-state index is 13.0. The summed E-state index contributed by atoms with van der Waals surface area (Å²) in [7, 11) is 1.63. The number of carbonyl (C=O) groups excluding carboxylic acids is 1. The van der Waals surface area contributed by atoms with Crippen molar-refractivity contribution in [1.82, 2.24) is 5.43 Å². The Bertz CT molecular complexity index is 730. The molecule has 5 nitrogen and oxygen atoms in total. The summed E-state index contributed by atoms with van der Waals surface area (Å²) in [5.41, 5.74) is 4.40. The lowest BCUT2D eigenvalue weighted by atomic mass is 10.1. The van der Waals surface area contributed by atoms with Gasteiger partial charge in [-0.2, -0.15) is 5.10 Å². The van der Waals surface area contributed by atoms with Crippen LogP contribution in [0.25, 0.3) is 0 Å². The molecule has 0 aliphatic carbocycles. The number of nitrogens with zero attached hydrogens (tertiary/aromatic N) is 1. The fourth-order valence-corrected chi connectivity index (χ4v) is 2.07. The number of hydrogen-bond acceptors (Lipinski definition) is 4. The molecule has 25 heavy (non-hydrogen) atoms. The number of nitrogens with one attached hydrogen (secondary N) is 1. The summed E-state index contributed by atoms with van der Waals surface area (Å²) in [5.74, 6) is 0.313. The van der Waals surface area contributed by atoms with Gasteiger partial charge in [-0.3, -0.25) is 4.79 Å². The first-order chi connectivity index (χ1) is 12.1. The number of carbonyl (C=O) groups is 1. The first kappa shape index (κ1) is 18.4. The molecule has 0 radical (unpaired) electrons. The van der Waals surface area contributed by atoms with Crippen molar-refractivity contribution in [3.63, 3.8) is 0 Å². The smallest absolute Gasteiger partial charge is 0.277 e. The van der Waals surface area contributed by atoms with Gasteiger partial charge in [-0.25, -0.2) is 9.82 Å². The summed E-state index contributed by atoms with van der Waals surface area (Å²) < 4.78 is 23.3. The van der Waals surface area contributed by atoms with E-state index in [9.17, 15) is 9.18 Å². The minimum atomic E-state index is -0.412. The topological polar surface area (TPSA) is 59.9 Å². The van der Waals surface area contributed by atoms with Crippen molar-refractivity contribution in [1.29, 1.82) is 0 Å². The number of halogens is 1. The molecular formula is C19H21FN2O3. The fourth-order valence-electron chi connectivity index (χ4n) is 2.07. The highest BCUT2D eigenvalue weighted by Crippen LogP contribution is 2.13. The van der Waals surface area contributed by atoms with Crippen LogP contribution in [-0.2, 0) is 11.2 Å². The van der Waals surface area contributed by atoms with E-state index in [2.05, 4.69) is 10.5 Å². The number of aryl methyl sites for hydroxylation is 1. The van der Waals surface area contributed by atoms with Crippen LogP contribution in [0.4, 0.5) is 4.39 Å². The first-order valence-electron chi connectivity index (χ1n) is 7.90. The Morgan fingerprint density at radius 1 is 1.16 bits per heavy atom. The summed E-state index contributed by atoms with van der Waals surface area (Å²) >= 11 is 0. The molecule has 0 unspecified atom stereocenters. The van der Waals surface area contributed by atoms with E-state index in [1.165, 1.54) is 18.2 Å². The minimum absolute atomic E-state index is 0.223. The molecule has 2 aromatic rings. The number of hydrazone groups is 1. The summed E-state index contributed by atoms with van der Waals surface area (Å²) in [6.07, 6.45) is 1.53. The monoisotopic (exact) mass is 344 g/mol. The van der Waals surface area contributed by atoms with Gasteiger partial charge in [0.1, 0.15) is 17.3 Å². The van der Waals surface area contributed by atoms with E-state index < -0.39 is 11.7 Å². The number of rotatable bonds is 8. The first-order valence-corrected chi connectivity index (χ1v) is 7.90. The van der Waals surface area contributed by atoms with Crippen molar-refractivity contribution < 1.29 is 18.7 Å². The zero-order chi connectivity index (χ0) is 18.1. The summed E-state index contributed by atoms with van der Waals surface area (Å²) in [4.78, 5) is 11.7. The van der Waals surface area contributed by atoms with Gasteiger partial charge in [0.25, 0.3) is 5.91 Å². The standard InChI is InChI=1S/C19H21FN2O3/c1-14(6-7-15-8-10-17(24-2)11-9-15)21-22-19(23)13-25-18-5-3-4-16(20)12-18/h3-5,8-12H,6-7,13H2,1-2H3,(H,22,23)/b21-14-. The highest BCUT2D eigenvalue weighted by atomic mass is 19.1. The average Bonchev–Trinajstić information content (AvgIpc) is 2.63. The van der Waals surface area contributed by atoms with Crippen LogP contribution in [0.15, 0.2) is 53.6 Å². The second-order valence-corrected chi connectivity index (χ2v) is 5.48. The number of methoxy groups -OCH3 is 1. The maximum atomic E-state index is 13.0. The van der Waals surface area contributed by atoms with E-state index in [1.807, 2.05) is 31.2 Å². The van der Waals surface area contributed by atoms with Crippen LogP contribution in [-0.4, -0.2) is 25.3 Å². The molecule has 1 N–H and O–H groups in total. The number of ether oxygens (including phenoxy) is 2. The van der Waals surface area contributed by atoms with Crippen LogP contribution in [0.2, 0.25) is 0 Å². The molecule has 0 saturated heterocycles. The SMILES string of the molecule is COc1ccc(CC/C(C)=N\NC(=O)COc2cccc(F)c2)cc1. The third kappa shape index (κ3) is 6.63. The molecule has 0 aliphatic heterocycles. The third-order valence-electron chi connectivity index (χ3n) is 3.47. The van der Waals surface area contributed by atoms with E-state index in [0.717, 1.165) is 29.9 Å². The molecule has 0 heterocycles. The van der Waals surface area contributed by atoms with E-state index in [1.54, 1.807) is 13.2 Å². The van der Waals surface area contributed by atoms with Gasteiger partial charge in [0.2, 0.25) is 0 Å². The molecule has 0 aliphatic rings. The minimum Gasteiger partial charge on any atom is -0.497 e. The van der Waals surface area contributed by atoms with Crippen molar-refractivity contribution in [2.45, 2.75) is 19.8 Å². The second kappa shape index (κ2) is 9.42. The van der Waals surface area contributed by atoms with Gasteiger partial charge in [-0.1, -0.05) is 18.2 Å². The van der Waals surface area contributed by atoms with Crippen molar-refractivity contribution in [3.8, 4) is 11.5 Å². The molecule has 132 valence electrons. The van der Waals surface area contributed by atoms with Gasteiger partial charge in [0, 0.05) is 11.8 Å². The quantitative estimate of drug-likeness (QED) is 0.590. The van der Waals surface area contributed by atoms with Gasteiger partial charge >= 0.3 is 0 Å². The predicted molar refractivity (Wildman–Crippen MR) is 94.5 cm³/mol. The van der Waals surface area contributed by atoms with Crippen LogP contribution < -0.4 is 14.9 Å². The molecule has 2 rings (SSSR count). The van der Waals surface area contributed by atoms with Gasteiger partial charge < -0.3 is 9.47 Å². The summed E-state index contributed by atoms with van der Waals surface area (Å²) in [5, 5.41) is 4.04. The van der Waals surface area contributed by atoms with Gasteiger partial charge in [-0.05, 0) is 49.6 Å². The zero-order valence-corrected chi connectivity index (χ0v) is 14.3. The van der Waals surface area contributed by atoms with Gasteiger partial charge in [0.15, 0.2) is 6.61 Å². The van der Waals surface area contributed by atoms with Crippen LogP contribution >= 0.6 is 0 Å². The normalized spacial score (nSPS) is 11.1. The highest BCUT2D eigenvalue weighted by molar-refractivity contribution is 5.84. The maximum Gasteiger partial charge on any atom is 0.277 e. The van der Waals surface area contributed by atoms with Crippen LogP contribution in [0.3, 0.4) is 0 Å². The van der Waals surface area contributed by atoms with E-state index in [-0.39, 0.29) is 6.61 Å². The Balaban J connectivity index is 1.72. The molecule has 0 saturated carbocycles. The Labute approximate surface area is 146 Å². The number of benzene rings is 2. The molecule has 6 heteroatoms. The van der Waals surface area contributed by atoms with E-state index in [0.29, 0.717) is 5.75 Å². The predicted octanol–water partition coefficient (Wildman–Crippen LogP) is 3.34. The second-order valence-electron chi connectivity index (χ2n) is 5.48. The Morgan fingerprint density at radius 3 is 2.60 bits per heavy atom. The van der Waals surface area contributed by atoms with Crippen LogP contribution in [0.5, 0.6) is 11.5 Å². The van der Waals surface area contributed by atoms with Crippen molar-refractivity contribution >= 4 is 11.6 Å². The fraction of sp³-hybridized carbons (Fsp3) is 0.263. The molecule has 0 fully saturated rings. The lowest BCUT2D eigenvalue weighted by Crippen LogP contribution is -2.25. The van der Waals surface area contributed by atoms with Crippen molar-refractivity contribution in [2.24, 2.45) is 5.10 Å². The largest absolute Gasteiger partial charge is 0.497 e. The molecule has 2 aromatic carbocycles. The molecular weight excluding hydrogens is 323 g/mol. The molecule has 0 spiro atoms. The van der Waals surface area contributed by atoms with Crippen LogP contribution in [0.1, 0.15) is 18.9 Å². The number of amides is 1. The summed E-state index contributed by atoms with van der Waals surface area (Å²) in [6.45, 7) is 1.62. The Kier molecular flexibility index (Phi) is 6.95. The molecule has 0 atom stereocenters. The molecule has 0 aromatic heterocycles. The zero-order valence-electron chi connectivity index (χ0n) is 14.3. The Hall–Kier alpha value is -2.89. The van der Waals surface area contributed by atoms with Gasteiger partial charge in [0.05, 0.1) is 7.11 Å². The Morgan fingerprint density at radius 2 is 1.92 bits per heavy atom. The lowest BCUT2D eigenvalue weighted by Gasteiger charge is -2.06. The number of hydrogen-bond donors (Lipinski definition) is 1. The molecule has 1 amide bonds. The average molecular weight is 344 g/mol. The lowest BCUT2D eigenvalue weighted by molar-refractivity contribution is -0.123. The van der Waals surface area contributed by atoms with Crippen LogP contribution in [0, 0.1) is 5.82 Å². The van der Waals surface area contributed by atoms with Crippen molar-refractivity contribution in [2.75, 3.05) is 13.7 Å². The molecule has 0 bridgehead atoms. The summed E-state index contributed by atoms with van der Waals surface area (Å²) in [6, 6.07) is 13.4. The van der Waals surface area contributed by atoms with Crippen molar-refractivity contribution in [3.05, 3.63) is 59.9 Å².